The molecule has 37 heavy (non-hydrogen) atoms. The van der Waals surface area contributed by atoms with Gasteiger partial charge in [-0.05, 0) is 41.1 Å². The number of nitrogens with one attached hydrogen (secondary N) is 1. The van der Waals surface area contributed by atoms with E-state index in [1.807, 2.05) is 66.0 Å². The second-order valence-electron chi connectivity index (χ2n) is 8.37. The molecule has 4 aromatic carbocycles. The van der Waals surface area contributed by atoms with Gasteiger partial charge in [0.05, 0.1) is 18.5 Å². The molecule has 6 nitrogen and oxygen atoms in total. The number of aromatic nitrogens is 1. The van der Waals surface area contributed by atoms with Gasteiger partial charge in [0.25, 0.3) is 5.91 Å². The van der Waals surface area contributed by atoms with E-state index in [0.29, 0.717) is 27.7 Å². The first-order chi connectivity index (χ1) is 18.2. The number of para-hydroxylation sites is 1. The number of rotatable bonds is 5. The van der Waals surface area contributed by atoms with Crippen molar-refractivity contribution in [3.63, 3.8) is 0 Å². The van der Waals surface area contributed by atoms with Gasteiger partial charge in [0.15, 0.2) is 5.13 Å². The van der Waals surface area contributed by atoms with Gasteiger partial charge in [-0.3, -0.25) is 10.1 Å². The number of thiazole rings is 1. The zero-order valence-corrected chi connectivity index (χ0v) is 20.7. The number of hydrogen-bond acceptors (Lipinski definition) is 6. The van der Waals surface area contributed by atoms with Crippen LogP contribution < -0.4 is 15.6 Å². The molecule has 0 fully saturated rings. The number of carbonyl (C=O) groups is 1. The minimum atomic E-state index is -0.351. The van der Waals surface area contributed by atoms with E-state index in [-0.39, 0.29) is 11.5 Å². The van der Waals surface area contributed by atoms with E-state index in [9.17, 15) is 4.79 Å². The number of ether oxygens (including phenoxy) is 1. The second-order valence-corrected chi connectivity index (χ2v) is 9.23. The van der Waals surface area contributed by atoms with Gasteiger partial charge in [-0.25, -0.2) is 9.98 Å². The van der Waals surface area contributed by atoms with Crippen molar-refractivity contribution in [2.75, 3.05) is 12.4 Å². The summed E-state index contributed by atoms with van der Waals surface area (Å²) >= 11 is 1.37. The molecule has 6 rings (SSSR count). The summed E-state index contributed by atoms with van der Waals surface area (Å²) < 4.78 is 11.4. The summed E-state index contributed by atoms with van der Waals surface area (Å²) in [5, 5.41) is 8.46. The Morgan fingerprint density at radius 1 is 0.892 bits per heavy atom. The Kier molecular flexibility index (Phi) is 5.96. The summed E-state index contributed by atoms with van der Waals surface area (Å²) in [6.07, 6.45) is 0. The van der Waals surface area contributed by atoms with Gasteiger partial charge in [0.1, 0.15) is 16.9 Å². The van der Waals surface area contributed by atoms with E-state index >= 15 is 0 Å². The Hall–Kier alpha value is -4.75. The average molecular weight is 504 g/mol. The van der Waals surface area contributed by atoms with E-state index in [2.05, 4.69) is 39.6 Å². The van der Waals surface area contributed by atoms with Crippen molar-refractivity contribution in [2.45, 2.75) is 0 Å². The lowest BCUT2D eigenvalue weighted by atomic mass is 10.1. The molecule has 2 aromatic heterocycles. The quantitative estimate of drug-likeness (QED) is 0.270. The minimum Gasteiger partial charge on any atom is -0.497 e. The van der Waals surface area contributed by atoms with Crippen LogP contribution >= 0.6 is 11.3 Å². The number of amides is 1. The molecule has 0 atom stereocenters. The molecule has 0 saturated carbocycles. The van der Waals surface area contributed by atoms with Gasteiger partial charge in [0.2, 0.25) is 5.55 Å². The van der Waals surface area contributed by atoms with Crippen molar-refractivity contribution in [1.29, 1.82) is 0 Å². The van der Waals surface area contributed by atoms with E-state index in [1.165, 1.54) is 16.7 Å². The Balaban J connectivity index is 1.35. The molecule has 0 unspecified atom stereocenters. The summed E-state index contributed by atoms with van der Waals surface area (Å²) in [6.45, 7) is 0. The van der Waals surface area contributed by atoms with Crippen LogP contribution in [0.5, 0.6) is 5.75 Å². The first-order valence-corrected chi connectivity index (χ1v) is 12.5. The molecule has 0 radical (unpaired) electrons. The number of hydrogen-bond donors (Lipinski definition) is 1. The number of benzene rings is 4. The summed E-state index contributed by atoms with van der Waals surface area (Å²) in [5.74, 6) is 0.313. The van der Waals surface area contributed by atoms with Gasteiger partial charge in [-0.15, -0.1) is 11.3 Å². The highest BCUT2D eigenvalue weighted by Crippen LogP contribution is 2.28. The van der Waals surface area contributed by atoms with Gasteiger partial charge >= 0.3 is 0 Å². The Labute approximate surface area is 216 Å². The smallest absolute Gasteiger partial charge is 0.262 e. The highest BCUT2D eigenvalue weighted by atomic mass is 32.1. The van der Waals surface area contributed by atoms with Crippen molar-refractivity contribution < 1.29 is 13.9 Å². The van der Waals surface area contributed by atoms with Crippen LogP contribution in [0.15, 0.2) is 112 Å². The normalized spacial score (nSPS) is 11.6. The predicted molar refractivity (Wildman–Crippen MR) is 147 cm³/mol. The third kappa shape index (κ3) is 4.72. The molecule has 1 amide bonds. The fourth-order valence-corrected chi connectivity index (χ4v) is 4.80. The number of methoxy groups -OCH3 is 1. The van der Waals surface area contributed by atoms with Crippen LogP contribution in [0.4, 0.5) is 10.8 Å². The number of nitrogens with zero attached hydrogens (tertiary/aromatic N) is 2. The summed E-state index contributed by atoms with van der Waals surface area (Å²) in [4.78, 5) is 22.7. The summed E-state index contributed by atoms with van der Waals surface area (Å²) in [6, 6.07) is 31.0. The lowest BCUT2D eigenvalue weighted by Gasteiger charge is -2.06. The molecule has 0 aliphatic carbocycles. The standard InChI is InChI=1S/C30H21N3O3S/c1-35-24-11-6-10-23(17-24)31-29-25(16-22-9-4-5-12-27(22)36-29)28(34)33-30-32-26(18-37-30)21-14-13-19-7-2-3-8-20(19)15-21/h2-18H,1H3,(H,32,33,34). The molecule has 6 aromatic rings. The highest BCUT2D eigenvalue weighted by Gasteiger charge is 2.15. The zero-order valence-electron chi connectivity index (χ0n) is 19.8. The van der Waals surface area contributed by atoms with Crippen LogP contribution in [0.3, 0.4) is 0 Å². The molecule has 0 bridgehead atoms. The van der Waals surface area contributed by atoms with E-state index in [1.54, 1.807) is 19.2 Å². The third-order valence-electron chi connectivity index (χ3n) is 5.95. The van der Waals surface area contributed by atoms with Crippen molar-refractivity contribution >= 4 is 49.8 Å². The first-order valence-electron chi connectivity index (χ1n) is 11.6. The largest absolute Gasteiger partial charge is 0.497 e. The van der Waals surface area contributed by atoms with Crippen LogP contribution in [0.2, 0.25) is 0 Å². The molecule has 0 spiro atoms. The number of fused-ring (bicyclic) bond motifs is 2. The van der Waals surface area contributed by atoms with E-state index in [4.69, 9.17) is 9.15 Å². The maximum Gasteiger partial charge on any atom is 0.262 e. The van der Waals surface area contributed by atoms with Crippen LogP contribution in [0.25, 0.3) is 33.0 Å². The Morgan fingerprint density at radius 3 is 2.57 bits per heavy atom. The molecular formula is C30H21N3O3S. The fraction of sp³-hybridized carbons (Fsp3) is 0.0333. The number of carbonyl (C=O) groups excluding carboxylic acids is 1. The lowest BCUT2D eigenvalue weighted by molar-refractivity contribution is 0.102. The maximum atomic E-state index is 13.4. The Morgan fingerprint density at radius 2 is 1.70 bits per heavy atom. The predicted octanol–water partition coefficient (Wildman–Crippen LogP) is 7.20. The summed E-state index contributed by atoms with van der Waals surface area (Å²) in [5.41, 5.74) is 3.55. The van der Waals surface area contributed by atoms with E-state index < -0.39 is 0 Å². The second kappa shape index (κ2) is 9.72. The molecular weight excluding hydrogens is 482 g/mol. The average Bonchev–Trinajstić information content (AvgIpc) is 3.41. The van der Waals surface area contributed by atoms with Crippen LogP contribution in [0, 0.1) is 0 Å². The van der Waals surface area contributed by atoms with Gasteiger partial charge in [-0.1, -0.05) is 60.7 Å². The molecule has 2 heterocycles. The first kappa shape index (κ1) is 22.7. The topological polar surface area (TPSA) is 76.7 Å². The van der Waals surface area contributed by atoms with Gasteiger partial charge < -0.3 is 9.15 Å². The molecule has 0 aliphatic heterocycles. The van der Waals surface area contributed by atoms with Crippen molar-refractivity contribution in [1.82, 2.24) is 4.98 Å². The minimum absolute atomic E-state index is 0.204. The number of anilines is 1. The zero-order chi connectivity index (χ0) is 25.2. The lowest BCUT2D eigenvalue weighted by Crippen LogP contribution is -2.21. The van der Waals surface area contributed by atoms with Gasteiger partial charge in [0, 0.05) is 22.4 Å². The van der Waals surface area contributed by atoms with Crippen LogP contribution in [0.1, 0.15) is 10.4 Å². The maximum absolute atomic E-state index is 13.4. The van der Waals surface area contributed by atoms with Crippen molar-refractivity contribution in [3.8, 4) is 17.0 Å². The highest BCUT2D eigenvalue weighted by molar-refractivity contribution is 7.14. The van der Waals surface area contributed by atoms with Gasteiger partial charge in [-0.2, -0.15) is 0 Å². The summed E-state index contributed by atoms with van der Waals surface area (Å²) in [7, 11) is 1.60. The molecule has 0 aliphatic rings. The molecule has 1 N–H and O–H groups in total. The monoisotopic (exact) mass is 503 g/mol. The van der Waals surface area contributed by atoms with Crippen LogP contribution in [-0.2, 0) is 0 Å². The fourth-order valence-electron chi connectivity index (χ4n) is 4.09. The van der Waals surface area contributed by atoms with Crippen molar-refractivity contribution in [3.05, 3.63) is 114 Å². The SMILES string of the molecule is COc1cccc(N=c2oc3ccccc3cc2C(=O)Nc2nc(-c3ccc4ccccc4c3)cs2)c1. The van der Waals surface area contributed by atoms with Crippen LogP contribution in [-0.4, -0.2) is 18.0 Å². The molecule has 0 saturated heterocycles. The van der Waals surface area contributed by atoms with Crippen molar-refractivity contribution in [2.24, 2.45) is 4.99 Å². The molecule has 180 valence electrons. The Bertz CT molecular complexity index is 1840. The third-order valence-corrected chi connectivity index (χ3v) is 6.71. The molecule has 7 heteroatoms. The van der Waals surface area contributed by atoms with E-state index in [0.717, 1.165) is 22.0 Å².